The van der Waals surface area contributed by atoms with Crippen LogP contribution in [0.3, 0.4) is 0 Å². The van der Waals surface area contributed by atoms with Crippen LogP contribution in [0.25, 0.3) is 10.9 Å². The van der Waals surface area contributed by atoms with Crippen LogP contribution in [0.15, 0.2) is 82.7 Å². The quantitative estimate of drug-likeness (QED) is 0.272. The minimum Gasteiger partial charge on any atom is -0.350 e. The average Bonchev–Trinajstić information content (AvgIpc) is 2.86. The SMILES string of the molecule is Cc1ccc(NC(=O)CSc2nc3ccccc3c(=O)n2Cc2ccc(C(=O)NC(C)C)cc2)cc1. The van der Waals surface area contributed by atoms with Gasteiger partial charge in [-0.1, -0.05) is 53.7 Å². The van der Waals surface area contributed by atoms with Gasteiger partial charge >= 0.3 is 0 Å². The summed E-state index contributed by atoms with van der Waals surface area (Å²) in [6, 6.07) is 21.9. The summed E-state index contributed by atoms with van der Waals surface area (Å²) in [5.74, 6) is -0.220. The fraction of sp³-hybridized carbons (Fsp3) is 0.214. The molecule has 0 fully saturated rings. The summed E-state index contributed by atoms with van der Waals surface area (Å²) >= 11 is 1.22. The van der Waals surface area contributed by atoms with Gasteiger partial charge in [-0.3, -0.25) is 19.0 Å². The number of para-hydroxylation sites is 1. The number of aromatic nitrogens is 2. The van der Waals surface area contributed by atoms with E-state index in [1.54, 1.807) is 34.9 Å². The molecule has 0 aliphatic carbocycles. The van der Waals surface area contributed by atoms with Gasteiger partial charge in [-0.05, 0) is 62.7 Å². The number of carbonyl (C=O) groups is 2. The number of rotatable bonds is 8. The van der Waals surface area contributed by atoms with Crippen LogP contribution in [0.5, 0.6) is 0 Å². The first-order chi connectivity index (χ1) is 17.3. The second kappa shape index (κ2) is 11.2. The number of aryl methyl sites for hydroxylation is 1. The maximum atomic E-state index is 13.4. The lowest BCUT2D eigenvalue weighted by Gasteiger charge is -2.14. The number of nitrogens with zero attached hydrogens (tertiary/aromatic N) is 2. The lowest BCUT2D eigenvalue weighted by Crippen LogP contribution is -2.30. The Morgan fingerprint density at radius 1 is 0.972 bits per heavy atom. The van der Waals surface area contributed by atoms with Crippen molar-refractivity contribution in [2.45, 2.75) is 38.5 Å². The molecule has 2 amide bonds. The maximum absolute atomic E-state index is 13.4. The number of anilines is 1. The topological polar surface area (TPSA) is 93.1 Å². The summed E-state index contributed by atoms with van der Waals surface area (Å²) < 4.78 is 1.58. The molecule has 7 nitrogen and oxygen atoms in total. The highest BCUT2D eigenvalue weighted by molar-refractivity contribution is 7.99. The van der Waals surface area contributed by atoms with Gasteiger partial charge in [0.15, 0.2) is 5.16 Å². The molecular formula is C28H28N4O3S. The van der Waals surface area contributed by atoms with Crippen molar-refractivity contribution in [3.63, 3.8) is 0 Å². The molecule has 0 radical (unpaired) electrons. The number of fused-ring (bicyclic) bond motifs is 1. The normalized spacial score (nSPS) is 11.0. The minimum absolute atomic E-state index is 0.0437. The molecule has 184 valence electrons. The predicted molar refractivity (Wildman–Crippen MR) is 145 cm³/mol. The Labute approximate surface area is 214 Å². The first-order valence-corrected chi connectivity index (χ1v) is 12.7. The average molecular weight is 501 g/mol. The zero-order valence-corrected chi connectivity index (χ0v) is 21.3. The van der Waals surface area contributed by atoms with Crippen molar-refractivity contribution in [3.8, 4) is 0 Å². The van der Waals surface area contributed by atoms with Crippen molar-refractivity contribution in [3.05, 3.63) is 99.8 Å². The number of amides is 2. The van der Waals surface area contributed by atoms with Crippen LogP contribution >= 0.6 is 11.8 Å². The van der Waals surface area contributed by atoms with Crippen molar-refractivity contribution >= 4 is 40.2 Å². The van der Waals surface area contributed by atoms with Gasteiger partial charge in [0.2, 0.25) is 5.91 Å². The second-order valence-corrected chi connectivity index (χ2v) is 9.77. The molecule has 2 N–H and O–H groups in total. The van der Waals surface area contributed by atoms with E-state index in [0.717, 1.165) is 16.8 Å². The van der Waals surface area contributed by atoms with Gasteiger partial charge in [-0.25, -0.2) is 4.98 Å². The Kier molecular flexibility index (Phi) is 7.85. The third-order valence-electron chi connectivity index (χ3n) is 5.47. The van der Waals surface area contributed by atoms with E-state index in [9.17, 15) is 14.4 Å². The van der Waals surface area contributed by atoms with E-state index in [1.807, 2.05) is 63.2 Å². The van der Waals surface area contributed by atoms with E-state index in [0.29, 0.717) is 21.6 Å². The van der Waals surface area contributed by atoms with Gasteiger partial charge in [0.05, 0.1) is 23.2 Å². The molecule has 4 aromatic rings. The van der Waals surface area contributed by atoms with Crippen molar-refractivity contribution in [2.75, 3.05) is 11.1 Å². The fourth-order valence-electron chi connectivity index (χ4n) is 3.65. The Balaban J connectivity index is 1.57. The van der Waals surface area contributed by atoms with E-state index in [-0.39, 0.29) is 35.7 Å². The Morgan fingerprint density at radius 3 is 2.36 bits per heavy atom. The third kappa shape index (κ3) is 6.20. The smallest absolute Gasteiger partial charge is 0.262 e. The van der Waals surface area contributed by atoms with Gasteiger partial charge in [0.1, 0.15) is 0 Å². The lowest BCUT2D eigenvalue weighted by molar-refractivity contribution is -0.113. The first kappa shape index (κ1) is 25.2. The number of thioether (sulfide) groups is 1. The standard InChI is InChI=1S/C28H28N4O3S/c1-18(2)29-26(34)21-12-10-20(11-13-21)16-32-27(35)23-6-4-5-7-24(23)31-28(32)36-17-25(33)30-22-14-8-19(3)9-15-22/h4-15,18H,16-17H2,1-3H3,(H,29,34)(H,30,33). The van der Waals surface area contributed by atoms with Crippen molar-refractivity contribution in [1.82, 2.24) is 14.9 Å². The van der Waals surface area contributed by atoms with Crippen molar-refractivity contribution in [2.24, 2.45) is 0 Å². The first-order valence-electron chi connectivity index (χ1n) is 11.7. The van der Waals surface area contributed by atoms with Gasteiger partial charge in [-0.2, -0.15) is 0 Å². The molecule has 1 heterocycles. The highest BCUT2D eigenvalue weighted by Gasteiger charge is 2.15. The van der Waals surface area contributed by atoms with E-state index in [2.05, 4.69) is 15.6 Å². The Hall–Kier alpha value is -3.91. The van der Waals surface area contributed by atoms with Crippen LogP contribution in [-0.4, -0.2) is 33.2 Å². The van der Waals surface area contributed by atoms with Crippen LogP contribution in [0.4, 0.5) is 5.69 Å². The molecule has 36 heavy (non-hydrogen) atoms. The molecule has 0 unspecified atom stereocenters. The zero-order chi connectivity index (χ0) is 25.7. The summed E-state index contributed by atoms with van der Waals surface area (Å²) in [6.07, 6.45) is 0. The van der Waals surface area contributed by atoms with Crippen LogP contribution in [0.1, 0.15) is 35.3 Å². The molecule has 0 aliphatic rings. The molecule has 8 heteroatoms. The van der Waals surface area contributed by atoms with E-state index < -0.39 is 0 Å². The van der Waals surface area contributed by atoms with Gasteiger partial charge in [0.25, 0.3) is 11.5 Å². The molecular weight excluding hydrogens is 472 g/mol. The molecule has 4 rings (SSSR count). The molecule has 0 saturated carbocycles. The number of carbonyl (C=O) groups excluding carboxylic acids is 2. The van der Waals surface area contributed by atoms with E-state index in [1.165, 1.54) is 11.8 Å². The number of nitrogens with one attached hydrogen (secondary N) is 2. The summed E-state index contributed by atoms with van der Waals surface area (Å²) in [6.45, 7) is 6.07. The van der Waals surface area contributed by atoms with Gasteiger partial charge in [0, 0.05) is 17.3 Å². The molecule has 3 aromatic carbocycles. The highest BCUT2D eigenvalue weighted by Crippen LogP contribution is 2.20. The van der Waals surface area contributed by atoms with Crippen LogP contribution in [0.2, 0.25) is 0 Å². The second-order valence-electron chi connectivity index (χ2n) is 8.83. The van der Waals surface area contributed by atoms with Crippen molar-refractivity contribution in [1.29, 1.82) is 0 Å². The highest BCUT2D eigenvalue weighted by atomic mass is 32.2. The molecule has 0 saturated heterocycles. The van der Waals surface area contributed by atoms with E-state index >= 15 is 0 Å². The van der Waals surface area contributed by atoms with Crippen LogP contribution < -0.4 is 16.2 Å². The third-order valence-corrected chi connectivity index (χ3v) is 6.45. The summed E-state index contributed by atoms with van der Waals surface area (Å²) in [7, 11) is 0. The lowest BCUT2D eigenvalue weighted by atomic mass is 10.1. The monoisotopic (exact) mass is 500 g/mol. The molecule has 0 bridgehead atoms. The molecule has 0 aliphatic heterocycles. The van der Waals surface area contributed by atoms with Crippen LogP contribution in [-0.2, 0) is 11.3 Å². The molecule has 1 aromatic heterocycles. The number of hydrogen-bond donors (Lipinski definition) is 2. The summed E-state index contributed by atoms with van der Waals surface area (Å²) in [5, 5.41) is 6.72. The minimum atomic E-state index is -0.182. The number of benzene rings is 3. The Bertz CT molecular complexity index is 1440. The Morgan fingerprint density at radius 2 is 1.67 bits per heavy atom. The molecule has 0 spiro atoms. The number of hydrogen-bond acceptors (Lipinski definition) is 5. The van der Waals surface area contributed by atoms with Gasteiger partial charge < -0.3 is 10.6 Å². The maximum Gasteiger partial charge on any atom is 0.262 e. The summed E-state index contributed by atoms with van der Waals surface area (Å²) in [5.41, 5.74) is 3.64. The van der Waals surface area contributed by atoms with Gasteiger partial charge in [-0.15, -0.1) is 0 Å². The predicted octanol–water partition coefficient (Wildman–Crippen LogP) is 4.62. The largest absolute Gasteiger partial charge is 0.350 e. The fourth-order valence-corrected chi connectivity index (χ4v) is 4.45. The van der Waals surface area contributed by atoms with Crippen LogP contribution in [0, 0.1) is 6.92 Å². The summed E-state index contributed by atoms with van der Waals surface area (Å²) in [4.78, 5) is 42.9. The molecule has 0 atom stereocenters. The van der Waals surface area contributed by atoms with Crippen molar-refractivity contribution < 1.29 is 9.59 Å². The zero-order valence-electron chi connectivity index (χ0n) is 20.4. The van der Waals surface area contributed by atoms with E-state index in [4.69, 9.17) is 0 Å².